The van der Waals surface area contributed by atoms with E-state index in [1.807, 2.05) is 23.9 Å². The number of fused-ring (bicyclic) bond motifs is 2. The van der Waals surface area contributed by atoms with Crippen molar-refractivity contribution in [2.45, 2.75) is 18.2 Å². The van der Waals surface area contributed by atoms with Crippen LogP contribution in [0.25, 0.3) is 0 Å². The molecule has 0 saturated carbocycles. The van der Waals surface area contributed by atoms with Gasteiger partial charge in [-0.25, -0.2) is 0 Å². The Morgan fingerprint density at radius 1 is 1.33 bits per heavy atom. The molecule has 15 heavy (non-hydrogen) atoms. The lowest BCUT2D eigenvalue weighted by atomic mass is 10.0. The van der Waals surface area contributed by atoms with Gasteiger partial charge in [-0.3, -0.25) is 0 Å². The second-order valence-electron chi connectivity index (χ2n) is 3.96. The van der Waals surface area contributed by atoms with E-state index in [2.05, 4.69) is 31.2 Å². The molecule has 3 rings (SSSR count). The Kier molecular flexibility index (Phi) is 2.10. The van der Waals surface area contributed by atoms with E-state index >= 15 is 0 Å². The fourth-order valence-corrected chi connectivity index (χ4v) is 2.95. The van der Waals surface area contributed by atoms with Gasteiger partial charge in [0.25, 0.3) is 0 Å². The first-order valence-electron chi connectivity index (χ1n) is 5.20. The van der Waals surface area contributed by atoms with E-state index in [1.165, 1.54) is 9.80 Å². The first-order chi connectivity index (χ1) is 7.33. The largest absolute Gasteiger partial charge is 0.455 e. The fourth-order valence-electron chi connectivity index (χ4n) is 1.83. The zero-order valence-corrected chi connectivity index (χ0v) is 9.38. The van der Waals surface area contributed by atoms with Gasteiger partial charge in [0, 0.05) is 0 Å². The summed E-state index contributed by atoms with van der Waals surface area (Å²) in [6.07, 6.45) is 5.58. The van der Waals surface area contributed by atoms with Gasteiger partial charge in [0.15, 0.2) is 0 Å². The Morgan fingerprint density at radius 2 is 2.20 bits per heavy atom. The number of benzene rings is 1. The zero-order chi connectivity index (χ0) is 10.3. The Hall–Kier alpha value is -1.15. The topological polar surface area (TPSA) is 9.23 Å². The molecule has 1 unspecified atom stereocenters. The summed E-state index contributed by atoms with van der Waals surface area (Å²) in [6, 6.07) is 8.20. The van der Waals surface area contributed by atoms with Gasteiger partial charge in [-0.05, 0) is 30.5 Å². The molecule has 0 amide bonds. The third kappa shape index (κ3) is 1.59. The predicted molar refractivity (Wildman–Crippen MR) is 62.9 cm³/mol. The van der Waals surface area contributed by atoms with Crippen molar-refractivity contribution < 1.29 is 4.74 Å². The van der Waals surface area contributed by atoms with Gasteiger partial charge in [0.2, 0.25) is 0 Å². The van der Waals surface area contributed by atoms with Crippen LogP contribution in [-0.4, -0.2) is 0 Å². The minimum absolute atomic E-state index is 0.630. The average Bonchev–Trinajstić information content (AvgIpc) is 2.26. The van der Waals surface area contributed by atoms with E-state index in [4.69, 9.17) is 4.74 Å². The van der Waals surface area contributed by atoms with Crippen LogP contribution in [-0.2, 0) is 0 Å². The molecule has 0 aromatic heterocycles. The second-order valence-corrected chi connectivity index (χ2v) is 5.05. The van der Waals surface area contributed by atoms with Gasteiger partial charge in [-0.1, -0.05) is 36.9 Å². The minimum atomic E-state index is 0.630. The molecular formula is C13H12OS. The van der Waals surface area contributed by atoms with Crippen molar-refractivity contribution in [3.05, 3.63) is 47.1 Å². The Labute approximate surface area is 93.8 Å². The number of thioether (sulfide) groups is 1. The van der Waals surface area contributed by atoms with E-state index < -0.39 is 0 Å². The molecule has 0 fully saturated rings. The molecule has 1 aromatic rings. The number of rotatable bonds is 0. The molecule has 1 heterocycles. The lowest BCUT2D eigenvalue weighted by molar-refractivity contribution is 0.418. The lowest BCUT2D eigenvalue weighted by Crippen LogP contribution is -2.08. The molecule has 1 nitrogen and oxygen atoms in total. The zero-order valence-electron chi connectivity index (χ0n) is 8.57. The summed E-state index contributed by atoms with van der Waals surface area (Å²) in [4.78, 5) is 2.49. The van der Waals surface area contributed by atoms with Crippen molar-refractivity contribution in [2.75, 3.05) is 0 Å². The predicted octanol–water partition coefficient (Wildman–Crippen LogP) is 3.98. The van der Waals surface area contributed by atoms with Gasteiger partial charge in [-0.15, -0.1) is 0 Å². The molecular weight excluding hydrogens is 204 g/mol. The van der Waals surface area contributed by atoms with Crippen LogP contribution in [0.2, 0.25) is 0 Å². The molecule has 2 heteroatoms. The summed E-state index contributed by atoms with van der Waals surface area (Å²) in [5.74, 6) is 2.65. The van der Waals surface area contributed by atoms with Crippen LogP contribution in [0, 0.1) is 5.92 Å². The first-order valence-corrected chi connectivity index (χ1v) is 6.01. The highest BCUT2D eigenvalue weighted by Gasteiger charge is 2.22. The van der Waals surface area contributed by atoms with E-state index in [0.717, 1.165) is 17.9 Å². The first kappa shape index (κ1) is 9.10. The highest BCUT2D eigenvalue weighted by Crippen LogP contribution is 2.45. The summed E-state index contributed by atoms with van der Waals surface area (Å²) < 4.78 is 5.86. The summed E-state index contributed by atoms with van der Waals surface area (Å²) in [5, 5.41) is 0. The minimum Gasteiger partial charge on any atom is -0.455 e. The van der Waals surface area contributed by atoms with E-state index in [9.17, 15) is 0 Å². The van der Waals surface area contributed by atoms with Gasteiger partial charge in [0.1, 0.15) is 11.5 Å². The third-order valence-electron chi connectivity index (χ3n) is 2.64. The van der Waals surface area contributed by atoms with E-state index in [1.54, 1.807) is 0 Å². The van der Waals surface area contributed by atoms with Gasteiger partial charge >= 0.3 is 0 Å². The smallest absolute Gasteiger partial charge is 0.141 e. The number of para-hydroxylation sites is 1. The van der Waals surface area contributed by atoms with E-state index in [-0.39, 0.29) is 0 Å². The van der Waals surface area contributed by atoms with Crippen LogP contribution in [0.5, 0.6) is 5.75 Å². The Morgan fingerprint density at radius 3 is 3.13 bits per heavy atom. The molecule has 2 aliphatic rings. The van der Waals surface area contributed by atoms with Crippen LogP contribution >= 0.6 is 11.8 Å². The van der Waals surface area contributed by atoms with Crippen molar-refractivity contribution in [3.63, 3.8) is 0 Å². The SMILES string of the molecule is CC1C=C2Sc3ccccc3OC2=CC1. The van der Waals surface area contributed by atoms with E-state index in [0.29, 0.717) is 5.92 Å². The number of hydrogen-bond donors (Lipinski definition) is 0. The van der Waals surface area contributed by atoms with Crippen molar-refractivity contribution in [1.82, 2.24) is 0 Å². The van der Waals surface area contributed by atoms with Crippen LogP contribution in [0.4, 0.5) is 0 Å². The van der Waals surface area contributed by atoms with Crippen molar-refractivity contribution in [2.24, 2.45) is 5.92 Å². The fraction of sp³-hybridized carbons (Fsp3) is 0.231. The standard InChI is InChI=1S/C13H12OS/c1-9-6-7-11-13(8-9)15-12-5-3-2-4-10(12)14-11/h2-5,7-9H,6H2,1H3. The van der Waals surface area contributed by atoms with Gasteiger partial charge in [-0.2, -0.15) is 0 Å². The normalized spacial score (nSPS) is 23.1. The van der Waals surface area contributed by atoms with Crippen LogP contribution < -0.4 is 4.74 Å². The van der Waals surface area contributed by atoms with Gasteiger partial charge in [0.05, 0.1) is 9.80 Å². The molecule has 1 atom stereocenters. The molecule has 0 radical (unpaired) electrons. The van der Waals surface area contributed by atoms with Crippen molar-refractivity contribution in [3.8, 4) is 5.75 Å². The van der Waals surface area contributed by atoms with Crippen LogP contribution in [0.3, 0.4) is 0 Å². The monoisotopic (exact) mass is 216 g/mol. The number of ether oxygens (including phenoxy) is 1. The van der Waals surface area contributed by atoms with Crippen molar-refractivity contribution in [1.29, 1.82) is 0 Å². The molecule has 0 bridgehead atoms. The third-order valence-corrected chi connectivity index (χ3v) is 3.76. The van der Waals surface area contributed by atoms with Crippen molar-refractivity contribution >= 4 is 11.8 Å². The maximum absolute atomic E-state index is 5.86. The maximum Gasteiger partial charge on any atom is 0.141 e. The molecule has 0 N–H and O–H groups in total. The van der Waals surface area contributed by atoms with Crippen LogP contribution in [0.15, 0.2) is 52.0 Å². The summed E-state index contributed by atoms with van der Waals surface area (Å²) in [5.41, 5.74) is 0. The summed E-state index contributed by atoms with van der Waals surface area (Å²) >= 11 is 1.81. The summed E-state index contributed by atoms with van der Waals surface area (Å²) in [6.45, 7) is 2.24. The quantitative estimate of drug-likeness (QED) is 0.648. The molecule has 1 aliphatic carbocycles. The lowest BCUT2D eigenvalue weighted by Gasteiger charge is -2.25. The highest BCUT2D eigenvalue weighted by atomic mass is 32.2. The molecule has 1 aliphatic heterocycles. The second kappa shape index (κ2) is 3.46. The molecule has 76 valence electrons. The number of allylic oxidation sites excluding steroid dienone is 2. The Bertz CT molecular complexity index is 459. The average molecular weight is 216 g/mol. The number of hydrogen-bond acceptors (Lipinski definition) is 2. The molecule has 0 saturated heterocycles. The maximum atomic E-state index is 5.86. The molecule has 0 spiro atoms. The van der Waals surface area contributed by atoms with Gasteiger partial charge < -0.3 is 4.74 Å². The van der Waals surface area contributed by atoms with Crippen LogP contribution in [0.1, 0.15) is 13.3 Å². The highest BCUT2D eigenvalue weighted by molar-refractivity contribution is 8.03. The summed E-state index contributed by atoms with van der Waals surface area (Å²) in [7, 11) is 0. The molecule has 1 aromatic carbocycles. The Balaban J connectivity index is 2.04.